The molecule has 2 fully saturated rings. The van der Waals surface area contributed by atoms with Gasteiger partial charge in [-0.1, -0.05) is 11.6 Å². The Morgan fingerprint density at radius 1 is 1.31 bits per heavy atom. The fraction of sp³-hybridized carbons (Fsp3) is 0.500. The molecule has 1 aromatic heterocycles. The first-order valence-electron chi connectivity index (χ1n) is 10.5. The molecule has 0 radical (unpaired) electrons. The van der Waals surface area contributed by atoms with Crippen molar-refractivity contribution in [3.05, 3.63) is 45.6 Å². The molecular weight excluding hydrogens is 477 g/mol. The van der Waals surface area contributed by atoms with Gasteiger partial charge in [0.05, 0.1) is 11.1 Å². The fourth-order valence-electron chi connectivity index (χ4n) is 4.13. The minimum atomic E-state index is -3.91. The van der Waals surface area contributed by atoms with Gasteiger partial charge in [-0.2, -0.15) is 17.4 Å². The number of carbonyl (C=O) groups excluding carboxylic acids is 1. The first kappa shape index (κ1) is 23.5. The summed E-state index contributed by atoms with van der Waals surface area (Å²) in [4.78, 5) is 19.7. The summed E-state index contributed by atoms with van der Waals surface area (Å²) >= 11 is 7.16. The van der Waals surface area contributed by atoms with Crippen LogP contribution in [-0.2, 0) is 15.0 Å². The molecule has 8 nitrogen and oxygen atoms in total. The number of thiazole rings is 1. The zero-order valence-corrected chi connectivity index (χ0v) is 19.7. The Morgan fingerprint density at radius 3 is 2.78 bits per heavy atom. The second-order valence-electron chi connectivity index (χ2n) is 7.93. The SMILES string of the molecule is O=C(Nc1ccc(F)c(Cl)c1)[C@@H]1C[C@H](c2nccs2)NS(=O)(=O)N1CCCN1CCCC1. The third-order valence-electron chi connectivity index (χ3n) is 5.70. The molecule has 32 heavy (non-hydrogen) atoms. The quantitative estimate of drug-likeness (QED) is 0.608. The fourth-order valence-corrected chi connectivity index (χ4v) is 6.68. The Morgan fingerprint density at radius 2 is 2.09 bits per heavy atom. The van der Waals surface area contributed by atoms with Gasteiger partial charge in [-0.15, -0.1) is 11.3 Å². The number of hydrogen-bond donors (Lipinski definition) is 2. The molecule has 3 heterocycles. The highest BCUT2D eigenvalue weighted by molar-refractivity contribution is 7.87. The molecule has 2 atom stereocenters. The summed E-state index contributed by atoms with van der Waals surface area (Å²) < 4.78 is 43.6. The van der Waals surface area contributed by atoms with Gasteiger partial charge in [-0.25, -0.2) is 9.37 Å². The van der Waals surface area contributed by atoms with Gasteiger partial charge in [0, 0.05) is 23.8 Å². The van der Waals surface area contributed by atoms with E-state index in [9.17, 15) is 17.6 Å². The van der Waals surface area contributed by atoms with Crippen LogP contribution >= 0.6 is 22.9 Å². The van der Waals surface area contributed by atoms with E-state index in [0.717, 1.165) is 38.5 Å². The highest BCUT2D eigenvalue weighted by atomic mass is 35.5. The molecule has 174 valence electrons. The number of anilines is 1. The minimum Gasteiger partial charge on any atom is -0.325 e. The topological polar surface area (TPSA) is 94.6 Å². The van der Waals surface area contributed by atoms with Crippen molar-refractivity contribution >= 4 is 44.7 Å². The first-order chi connectivity index (χ1) is 15.3. The average Bonchev–Trinajstić information content (AvgIpc) is 3.45. The summed E-state index contributed by atoms with van der Waals surface area (Å²) in [6.07, 6.45) is 4.77. The molecular formula is C20H25ClFN5O3S2. The molecule has 2 aliphatic rings. The van der Waals surface area contributed by atoms with Crippen molar-refractivity contribution in [2.45, 2.75) is 37.8 Å². The largest absolute Gasteiger partial charge is 0.325 e. The molecule has 1 amide bonds. The number of rotatable bonds is 7. The second kappa shape index (κ2) is 10.1. The lowest BCUT2D eigenvalue weighted by atomic mass is 10.1. The summed E-state index contributed by atoms with van der Waals surface area (Å²) in [7, 11) is -3.91. The number of hydrogen-bond acceptors (Lipinski definition) is 6. The molecule has 0 aliphatic carbocycles. The van der Waals surface area contributed by atoms with Crippen molar-refractivity contribution in [1.82, 2.24) is 18.9 Å². The number of halogens is 2. The van der Waals surface area contributed by atoms with Crippen LogP contribution in [0.3, 0.4) is 0 Å². The molecule has 0 bridgehead atoms. The molecule has 4 rings (SSSR count). The van der Waals surface area contributed by atoms with E-state index in [0.29, 0.717) is 17.1 Å². The van der Waals surface area contributed by atoms with Crippen LogP contribution in [0.15, 0.2) is 29.8 Å². The molecule has 0 saturated carbocycles. The number of nitrogens with zero attached hydrogens (tertiary/aromatic N) is 3. The van der Waals surface area contributed by atoms with Gasteiger partial charge in [-0.3, -0.25) is 4.79 Å². The maximum absolute atomic E-state index is 13.5. The monoisotopic (exact) mass is 501 g/mol. The Hall–Kier alpha value is -1.63. The second-order valence-corrected chi connectivity index (χ2v) is 10.9. The van der Waals surface area contributed by atoms with Gasteiger partial charge in [-0.05, 0) is 63.5 Å². The van der Waals surface area contributed by atoms with Crippen LogP contribution < -0.4 is 10.0 Å². The number of nitrogens with one attached hydrogen (secondary N) is 2. The third-order valence-corrected chi connectivity index (χ3v) is 8.51. The van der Waals surface area contributed by atoms with Gasteiger partial charge in [0.15, 0.2) is 0 Å². The van der Waals surface area contributed by atoms with Crippen LogP contribution in [0.5, 0.6) is 0 Å². The first-order valence-corrected chi connectivity index (χ1v) is 13.2. The maximum atomic E-state index is 13.5. The van der Waals surface area contributed by atoms with Crippen molar-refractivity contribution < 1.29 is 17.6 Å². The van der Waals surface area contributed by atoms with Gasteiger partial charge in [0.25, 0.3) is 10.2 Å². The zero-order chi connectivity index (χ0) is 22.7. The van der Waals surface area contributed by atoms with E-state index in [1.54, 1.807) is 11.6 Å². The van der Waals surface area contributed by atoms with Gasteiger partial charge in [0.2, 0.25) is 5.91 Å². The van der Waals surface area contributed by atoms with Crippen molar-refractivity contribution in [3.63, 3.8) is 0 Å². The summed E-state index contributed by atoms with van der Waals surface area (Å²) in [5.41, 5.74) is 0.306. The third kappa shape index (κ3) is 5.46. The van der Waals surface area contributed by atoms with Crippen LogP contribution in [0.2, 0.25) is 5.02 Å². The van der Waals surface area contributed by atoms with E-state index in [1.807, 2.05) is 0 Å². The molecule has 2 aliphatic heterocycles. The minimum absolute atomic E-state index is 0.121. The Balaban J connectivity index is 1.53. The Kier molecular flexibility index (Phi) is 7.43. The number of carbonyl (C=O) groups is 1. The van der Waals surface area contributed by atoms with Crippen LogP contribution in [-0.4, -0.2) is 60.7 Å². The lowest BCUT2D eigenvalue weighted by Gasteiger charge is -2.37. The molecule has 12 heteroatoms. The van der Waals surface area contributed by atoms with Gasteiger partial charge >= 0.3 is 0 Å². The van der Waals surface area contributed by atoms with Crippen LogP contribution in [0, 0.1) is 5.82 Å². The van der Waals surface area contributed by atoms with Crippen LogP contribution in [0.4, 0.5) is 10.1 Å². The van der Waals surface area contributed by atoms with Crippen molar-refractivity contribution in [1.29, 1.82) is 0 Å². The van der Waals surface area contributed by atoms with Gasteiger partial charge < -0.3 is 10.2 Å². The predicted octanol–water partition coefficient (Wildman–Crippen LogP) is 3.01. The lowest BCUT2D eigenvalue weighted by Crippen LogP contribution is -2.58. The van der Waals surface area contributed by atoms with E-state index in [4.69, 9.17) is 11.6 Å². The summed E-state index contributed by atoms with van der Waals surface area (Å²) in [5.74, 6) is -1.08. The van der Waals surface area contributed by atoms with E-state index >= 15 is 0 Å². The van der Waals surface area contributed by atoms with E-state index in [1.165, 1.54) is 27.8 Å². The van der Waals surface area contributed by atoms with Crippen molar-refractivity contribution in [2.24, 2.45) is 0 Å². The molecule has 2 aromatic rings. The molecule has 1 aromatic carbocycles. The normalized spacial score (nSPS) is 23.9. The summed E-state index contributed by atoms with van der Waals surface area (Å²) in [6.45, 7) is 3.04. The number of amides is 1. The smallest absolute Gasteiger partial charge is 0.280 e. The van der Waals surface area contributed by atoms with Crippen molar-refractivity contribution in [3.8, 4) is 0 Å². The molecule has 2 N–H and O–H groups in total. The average molecular weight is 502 g/mol. The highest BCUT2D eigenvalue weighted by Gasteiger charge is 2.43. The number of likely N-dealkylation sites (tertiary alicyclic amines) is 1. The van der Waals surface area contributed by atoms with Crippen molar-refractivity contribution in [2.75, 3.05) is 31.5 Å². The van der Waals surface area contributed by atoms with E-state index in [-0.39, 0.29) is 18.0 Å². The highest BCUT2D eigenvalue weighted by Crippen LogP contribution is 2.31. The summed E-state index contributed by atoms with van der Waals surface area (Å²) in [5, 5.41) is 4.94. The Labute approximate surface area is 195 Å². The molecule has 0 unspecified atom stereocenters. The van der Waals surface area contributed by atoms with Gasteiger partial charge in [0.1, 0.15) is 16.9 Å². The predicted molar refractivity (Wildman–Crippen MR) is 122 cm³/mol. The number of aromatic nitrogens is 1. The van der Waals surface area contributed by atoms with Crippen LogP contribution in [0.1, 0.15) is 36.7 Å². The summed E-state index contributed by atoms with van der Waals surface area (Å²) in [6, 6.07) is 2.33. The number of benzene rings is 1. The molecule has 2 saturated heterocycles. The van der Waals surface area contributed by atoms with Crippen LogP contribution in [0.25, 0.3) is 0 Å². The lowest BCUT2D eigenvalue weighted by molar-refractivity contribution is -0.120. The Bertz CT molecular complexity index is 1050. The maximum Gasteiger partial charge on any atom is 0.280 e. The van der Waals surface area contributed by atoms with E-state index < -0.39 is 34.0 Å². The van der Waals surface area contributed by atoms with E-state index in [2.05, 4.69) is 19.9 Å². The zero-order valence-electron chi connectivity index (χ0n) is 17.3. The standard InChI is InChI=1S/C20H25ClFN5O3S2/c21-15-12-14(4-5-16(15)22)24-19(28)18-13-17(20-23-6-11-31-20)25-32(29,30)27(18)10-3-9-26-7-1-2-8-26/h4-6,11-12,17-18,25H,1-3,7-10,13H2,(H,24,28)/t17-,18+/m1/s1. The molecule has 0 spiro atoms.